The number of allylic oxidation sites excluding steroid dienone is 24. The molecule has 0 rings (SSSR count). The van der Waals surface area contributed by atoms with Crippen LogP contribution in [0, 0.1) is 0 Å². The number of hydrogen-bond acceptors (Lipinski definition) is 5. The van der Waals surface area contributed by atoms with Gasteiger partial charge in [-0.1, -0.05) is 212 Å². The molecule has 382 valence electrons. The molecule has 0 aliphatic rings. The number of esters is 2. The maximum absolute atomic E-state index is 12.8. The number of rotatable bonds is 48. The van der Waals surface area contributed by atoms with E-state index < -0.39 is 6.10 Å². The van der Waals surface area contributed by atoms with Crippen molar-refractivity contribution in [1.29, 1.82) is 0 Å². The summed E-state index contributed by atoms with van der Waals surface area (Å²) in [4.78, 5) is 25.5. The Hall–Kier alpha value is -4.22. The van der Waals surface area contributed by atoms with Crippen molar-refractivity contribution in [3.8, 4) is 0 Å². The van der Waals surface area contributed by atoms with Gasteiger partial charge in [-0.25, -0.2) is 0 Å². The van der Waals surface area contributed by atoms with Gasteiger partial charge in [0.05, 0.1) is 6.61 Å². The summed E-state index contributed by atoms with van der Waals surface area (Å²) >= 11 is 0. The second kappa shape index (κ2) is 57.1. The molecular weight excluding hydrogens is 837 g/mol. The Bertz CT molecular complexity index is 1480. The van der Waals surface area contributed by atoms with Gasteiger partial charge in [0.2, 0.25) is 0 Å². The van der Waals surface area contributed by atoms with Gasteiger partial charge in [0.1, 0.15) is 6.61 Å². The summed E-state index contributed by atoms with van der Waals surface area (Å²) in [6, 6.07) is 0. The highest BCUT2D eigenvalue weighted by Gasteiger charge is 2.17. The Labute approximate surface area is 419 Å². The molecule has 0 spiro atoms. The highest BCUT2D eigenvalue weighted by molar-refractivity contribution is 5.70. The first-order valence-corrected chi connectivity index (χ1v) is 27.4. The molecule has 0 amide bonds. The molecule has 68 heavy (non-hydrogen) atoms. The molecule has 0 aliphatic carbocycles. The van der Waals surface area contributed by atoms with Gasteiger partial charge in [-0.3, -0.25) is 9.59 Å². The fourth-order valence-corrected chi connectivity index (χ4v) is 6.83. The van der Waals surface area contributed by atoms with E-state index in [1.807, 2.05) is 0 Å². The second-order valence-electron chi connectivity index (χ2n) is 17.4. The Balaban J connectivity index is 4.43. The van der Waals surface area contributed by atoms with Gasteiger partial charge >= 0.3 is 11.9 Å². The van der Waals surface area contributed by atoms with E-state index in [1.165, 1.54) is 25.7 Å². The molecule has 0 N–H and O–H groups in total. The van der Waals surface area contributed by atoms with Gasteiger partial charge in [0.25, 0.3) is 0 Å². The Kier molecular flexibility index (Phi) is 53.6. The lowest BCUT2D eigenvalue weighted by molar-refractivity contribution is -0.163. The smallest absolute Gasteiger partial charge is 0.306 e. The SMILES string of the molecule is CC/C=C\C/C=C\C/C=C\C/C=C\C/C=C\CCCCCCOCC(COC(=O)CCCCC/C=C\C/C=C\C/C=C\C/C=C\C/C=C\CC)OC(=O)CCCCCCC/C=C\C/C=C\CCC. The molecule has 1 atom stereocenters. The normalized spacial score (nSPS) is 13.4. The van der Waals surface area contributed by atoms with Crippen LogP contribution in [0.25, 0.3) is 0 Å². The minimum atomic E-state index is -0.583. The molecule has 0 fully saturated rings. The maximum atomic E-state index is 12.8. The first kappa shape index (κ1) is 63.8. The predicted octanol–water partition coefficient (Wildman–Crippen LogP) is 18.9. The van der Waals surface area contributed by atoms with Crippen molar-refractivity contribution in [3.63, 3.8) is 0 Å². The second-order valence-corrected chi connectivity index (χ2v) is 17.4. The molecule has 1 unspecified atom stereocenters. The van der Waals surface area contributed by atoms with Crippen LogP contribution in [0.4, 0.5) is 0 Å². The fourth-order valence-electron chi connectivity index (χ4n) is 6.83. The zero-order valence-electron chi connectivity index (χ0n) is 43.8. The molecule has 0 saturated carbocycles. The summed E-state index contributed by atoms with van der Waals surface area (Å²) in [6.45, 7) is 7.41. The standard InChI is InChI=1S/C63H100O5/c1-4-7-10-13-16-19-22-25-27-29-31-33-35-37-40-43-46-49-52-55-58-66-59-61(68-63(65)57-54-51-48-45-42-38-24-21-18-15-12-9-6-3)60-67-62(64)56-53-50-47-44-41-39-36-34-32-30-28-26-23-20-17-14-11-8-5-2/h7-8,10-12,15-17,19-21,24-28,31-34,37,39-41,61H,4-6,9,13-14,18,22-23,29-30,35-36,38,42-60H2,1-3H3/b10-7-,11-8-,15-12-,19-16-,20-17-,24-21-,27-25-,28-26-,33-31-,34-32-,40-37-,41-39-. The first-order valence-electron chi connectivity index (χ1n) is 27.4. The van der Waals surface area contributed by atoms with Gasteiger partial charge in [0, 0.05) is 19.4 Å². The fraction of sp³-hybridized carbons (Fsp3) is 0.587. The largest absolute Gasteiger partial charge is 0.462 e. The molecule has 0 bridgehead atoms. The lowest BCUT2D eigenvalue weighted by Crippen LogP contribution is -2.30. The third-order valence-electron chi connectivity index (χ3n) is 10.8. The van der Waals surface area contributed by atoms with E-state index in [9.17, 15) is 9.59 Å². The minimum absolute atomic E-state index is 0.0414. The van der Waals surface area contributed by atoms with Crippen LogP contribution in [-0.4, -0.2) is 37.9 Å². The molecule has 0 aromatic rings. The van der Waals surface area contributed by atoms with Gasteiger partial charge in [-0.15, -0.1) is 0 Å². The van der Waals surface area contributed by atoms with Crippen molar-refractivity contribution < 1.29 is 23.8 Å². The summed E-state index contributed by atoms with van der Waals surface area (Å²) in [6.07, 6.45) is 82.9. The van der Waals surface area contributed by atoms with E-state index in [0.29, 0.717) is 19.4 Å². The van der Waals surface area contributed by atoms with E-state index in [1.54, 1.807) is 0 Å². The van der Waals surface area contributed by atoms with Crippen molar-refractivity contribution in [2.75, 3.05) is 19.8 Å². The maximum Gasteiger partial charge on any atom is 0.306 e. The monoisotopic (exact) mass is 937 g/mol. The van der Waals surface area contributed by atoms with E-state index in [4.69, 9.17) is 14.2 Å². The number of ether oxygens (including phenoxy) is 3. The highest BCUT2D eigenvalue weighted by Crippen LogP contribution is 2.12. The van der Waals surface area contributed by atoms with Crippen molar-refractivity contribution >= 4 is 11.9 Å². The Morgan fingerprint density at radius 2 is 0.662 bits per heavy atom. The van der Waals surface area contributed by atoms with Crippen molar-refractivity contribution in [3.05, 3.63) is 146 Å². The van der Waals surface area contributed by atoms with Crippen LogP contribution in [0.15, 0.2) is 146 Å². The van der Waals surface area contributed by atoms with Gasteiger partial charge in [-0.2, -0.15) is 0 Å². The third-order valence-corrected chi connectivity index (χ3v) is 10.8. The average Bonchev–Trinajstić information content (AvgIpc) is 3.34. The van der Waals surface area contributed by atoms with Gasteiger partial charge in [-0.05, 0) is 135 Å². The quantitative estimate of drug-likeness (QED) is 0.0346. The van der Waals surface area contributed by atoms with Crippen molar-refractivity contribution in [2.24, 2.45) is 0 Å². The zero-order valence-corrected chi connectivity index (χ0v) is 43.8. The molecule has 0 aliphatic heterocycles. The summed E-state index contributed by atoms with van der Waals surface area (Å²) in [5.74, 6) is -0.477. The lowest BCUT2D eigenvalue weighted by Gasteiger charge is -2.18. The first-order chi connectivity index (χ1) is 33.6. The zero-order chi connectivity index (χ0) is 49.2. The summed E-state index contributed by atoms with van der Waals surface area (Å²) in [5, 5.41) is 0. The van der Waals surface area contributed by atoms with Crippen molar-refractivity contribution in [1.82, 2.24) is 0 Å². The molecule has 0 saturated heterocycles. The number of carbonyl (C=O) groups excluding carboxylic acids is 2. The molecule has 5 heteroatoms. The molecule has 0 aromatic carbocycles. The average molecular weight is 937 g/mol. The van der Waals surface area contributed by atoms with Gasteiger partial charge < -0.3 is 14.2 Å². The van der Waals surface area contributed by atoms with E-state index in [2.05, 4.69) is 167 Å². The molecular formula is C63H100O5. The van der Waals surface area contributed by atoms with Crippen molar-refractivity contribution in [2.45, 2.75) is 219 Å². The molecule has 0 radical (unpaired) electrons. The molecule has 5 nitrogen and oxygen atoms in total. The summed E-state index contributed by atoms with van der Waals surface area (Å²) < 4.78 is 17.4. The summed E-state index contributed by atoms with van der Waals surface area (Å²) in [7, 11) is 0. The number of carbonyl (C=O) groups is 2. The number of unbranched alkanes of at least 4 members (excludes halogenated alkanes) is 13. The molecule has 0 aromatic heterocycles. The third kappa shape index (κ3) is 54.4. The lowest BCUT2D eigenvalue weighted by atomic mass is 10.1. The van der Waals surface area contributed by atoms with E-state index in [-0.39, 0.29) is 25.2 Å². The van der Waals surface area contributed by atoms with Crippen LogP contribution < -0.4 is 0 Å². The topological polar surface area (TPSA) is 61.8 Å². The predicted molar refractivity (Wildman–Crippen MR) is 297 cm³/mol. The molecule has 0 heterocycles. The van der Waals surface area contributed by atoms with Crippen LogP contribution in [0.5, 0.6) is 0 Å². The van der Waals surface area contributed by atoms with Crippen LogP contribution in [0.1, 0.15) is 213 Å². The van der Waals surface area contributed by atoms with Crippen LogP contribution >= 0.6 is 0 Å². The Morgan fingerprint density at radius 1 is 0.338 bits per heavy atom. The van der Waals surface area contributed by atoms with Crippen LogP contribution in [0.2, 0.25) is 0 Å². The summed E-state index contributed by atoms with van der Waals surface area (Å²) in [5.41, 5.74) is 0. The van der Waals surface area contributed by atoms with E-state index >= 15 is 0 Å². The van der Waals surface area contributed by atoms with E-state index in [0.717, 1.165) is 154 Å². The highest BCUT2D eigenvalue weighted by atomic mass is 16.6. The van der Waals surface area contributed by atoms with Crippen LogP contribution in [0.3, 0.4) is 0 Å². The minimum Gasteiger partial charge on any atom is -0.462 e. The Morgan fingerprint density at radius 3 is 1.07 bits per heavy atom. The number of hydrogen-bond donors (Lipinski definition) is 0. The van der Waals surface area contributed by atoms with Gasteiger partial charge in [0.15, 0.2) is 6.10 Å². The van der Waals surface area contributed by atoms with Crippen LogP contribution in [-0.2, 0) is 23.8 Å².